The van der Waals surface area contributed by atoms with Crippen LogP contribution in [0.5, 0.6) is 0 Å². The molecule has 2 aromatic heterocycles. The fraction of sp³-hybridized carbons (Fsp3) is 0.208. The van der Waals surface area contributed by atoms with E-state index < -0.39 is 5.63 Å². The van der Waals surface area contributed by atoms with E-state index in [9.17, 15) is 9.59 Å². The second-order valence-corrected chi connectivity index (χ2v) is 7.02. The minimum Gasteiger partial charge on any atom is -0.463 e. The summed E-state index contributed by atoms with van der Waals surface area (Å²) in [5.41, 5.74) is 2.90. The van der Waals surface area contributed by atoms with E-state index in [4.69, 9.17) is 9.15 Å². The van der Waals surface area contributed by atoms with Crippen LogP contribution in [0.2, 0.25) is 0 Å². The van der Waals surface area contributed by atoms with Gasteiger partial charge in [-0.25, -0.2) is 14.3 Å². The summed E-state index contributed by atoms with van der Waals surface area (Å²) in [5.74, 6) is -0.383. The smallest absolute Gasteiger partial charge is 0.347 e. The predicted molar refractivity (Wildman–Crippen MR) is 117 cm³/mol. The Balaban J connectivity index is 1.85. The zero-order valence-corrected chi connectivity index (χ0v) is 16.9. The van der Waals surface area contributed by atoms with Crippen LogP contribution in [0, 0.1) is 6.92 Å². The number of esters is 1. The van der Waals surface area contributed by atoms with Gasteiger partial charge in [0.1, 0.15) is 11.0 Å². The third-order valence-electron chi connectivity index (χ3n) is 4.92. The van der Waals surface area contributed by atoms with E-state index in [1.165, 1.54) is 6.08 Å². The summed E-state index contributed by atoms with van der Waals surface area (Å²) in [7, 11) is 0. The molecule has 0 aliphatic rings. The molecule has 0 aliphatic heterocycles. The van der Waals surface area contributed by atoms with Gasteiger partial charge in [0, 0.05) is 17.0 Å². The van der Waals surface area contributed by atoms with Gasteiger partial charge in [-0.2, -0.15) is 5.10 Å². The van der Waals surface area contributed by atoms with Crippen LogP contribution in [0.4, 0.5) is 0 Å². The van der Waals surface area contributed by atoms with E-state index in [0.717, 1.165) is 29.5 Å². The Morgan fingerprint density at radius 2 is 1.93 bits per heavy atom. The van der Waals surface area contributed by atoms with E-state index in [1.54, 1.807) is 23.7 Å². The standard InChI is InChI=1S/C24H22N2O4/c1-3-4-15-29-21(27)14-13-17-9-5-7-11-19(17)26-23-18-10-6-8-12-20(18)30-24(28)22(23)16(2)25-26/h5-14H,3-4,15H2,1-2H3/b14-13+. The van der Waals surface area contributed by atoms with Crippen molar-refractivity contribution in [2.75, 3.05) is 6.61 Å². The maximum atomic E-state index is 12.6. The second-order valence-electron chi connectivity index (χ2n) is 7.02. The topological polar surface area (TPSA) is 74.3 Å². The summed E-state index contributed by atoms with van der Waals surface area (Å²) in [6.45, 7) is 4.24. The molecule has 0 atom stereocenters. The number of unbranched alkanes of at least 4 members (excludes halogenated alkanes) is 1. The highest BCUT2D eigenvalue weighted by Crippen LogP contribution is 2.28. The van der Waals surface area contributed by atoms with Gasteiger partial charge in [0.05, 0.1) is 23.5 Å². The highest BCUT2D eigenvalue weighted by atomic mass is 16.5. The maximum Gasteiger partial charge on any atom is 0.347 e. The number of benzene rings is 2. The van der Waals surface area contributed by atoms with Crippen LogP contribution >= 0.6 is 0 Å². The minimum absolute atomic E-state index is 0.383. The van der Waals surface area contributed by atoms with Crippen LogP contribution in [-0.4, -0.2) is 22.4 Å². The van der Waals surface area contributed by atoms with Crippen molar-refractivity contribution >= 4 is 33.9 Å². The van der Waals surface area contributed by atoms with Gasteiger partial charge in [-0.1, -0.05) is 43.7 Å². The van der Waals surface area contributed by atoms with Gasteiger partial charge in [-0.15, -0.1) is 0 Å². The first-order valence-corrected chi connectivity index (χ1v) is 9.95. The number of rotatable bonds is 6. The molecule has 0 saturated heterocycles. The molecule has 4 rings (SSSR count). The first kappa shape index (κ1) is 19.6. The normalized spacial score (nSPS) is 11.5. The van der Waals surface area contributed by atoms with E-state index in [0.29, 0.717) is 28.8 Å². The van der Waals surface area contributed by atoms with Gasteiger partial charge >= 0.3 is 11.6 Å². The van der Waals surface area contributed by atoms with E-state index >= 15 is 0 Å². The van der Waals surface area contributed by atoms with Gasteiger partial charge in [-0.05, 0) is 37.6 Å². The monoisotopic (exact) mass is 402 g/mol. The lowest BCUT2D eigenvalue weighted by molar-refractivity contribution is -0.137. The average Bonchev–Trinajstić information content (AvgIpc) is 3.11. The van der Waals surface area contributed by atoms with Crippen LogP contribution in [0.25, 0.3) is 33.6 Å². The molecule has 2 aromatic carbocycles. The third-order valence-corrected chi connectivity index (χ3v) is 4.92. The Kier molecular flexibility index (Phi) is 5.48. The largest absolute Gasteiger partial charge is 0.463 e. The molecular weight excluding hydrogens is 380 g/mol. The van der Waals surface area contributed by atoms with Crippen molar-refractivity contribution in [3.8, 4) is 5.69 Å². The molecule has 0 unspecified atom stereocenters. The number of ether oxygens (including phenoxy) is 1. The molecule has 6 heteroatoms. The number of aryl methyl sites for hydroxylation is 1. The molecule has 6 nitrogen and oxygen atoms in total. The van der Waals surface area contributed by atoms with Gasteiger partial charge in [-0.3, -0.25) is 0 Å². The van der Waals surface area contributed by atoms with Crippen molar-refractivity contribution < 1.29 is 13.9 Å². The van der Waals surface area contributed by atoms with E-state index in [-0.39, 0.29) is 5.97 Å². The van der Waals surface area contributed by atoms with Crippen LogP contribution in [0.3, 0.4) is 0 Å². The van der Waals surface area contributed by atoms with Crippen LogP contribution in [0.1, 0.15) is 31.0 Å². The van der Waals surface area contributed by atoms with E-state index in [2.05, 4.69) is 5.10 Å². The minimum atomic E-state index is -0.417. The Hall–Kier alpha value is -3.67. The Bertz CT molecular complexity index is 1310. The first-order valence-electron chi connectivity index (χ1n) is 9.95. The second kappa shape index (κ2) is 8.37. The van der Waals surface area contributed by atoms with Crippen LogP contribution in [0.15, 0.2) is 63.8 Å². The summed E-state index contributed by atoms with van der Waals surface area (Å²) >= 11 is 0. The maximum absolute atomic E-state index is 12.6. The molecule has 152 valence electrons. The summed E-state index contributed by atoms with van der Waals surface area (Å²) in [6.07, 6.45) is 4.93. The van der Waals surface area contributed by atoms with Crippen LogP contribution in [-0.2, 0) is 9.53 Å². The van der Waals surface area contributed by atoms with E-state index in [1.807, 2.05) is 49.4 Å². The number of hydrogen-bond donors (Lipinski definition) is 0. The molecule has 2 heterocycles. The van der Waals surface area contributed by atoms with Crippen molar-refractivity contribution in [1.82, 2.24) is 9.78 Å². The summed E-state index contributed by atoms with van der Waals surface area (Å²) < 4.78 is 12.4. The lowest BCUT2D eigenvalue weighted by atomic mass is 10.1. The third kappa shape index (κ3) is 3.64. The Labute approximate surface area is 173 Å². The summed E-state index contributed by atoms with van der Waals surface area (Å²) in [4.78, 5) is 24.6. The van der Waals surface area contributed by atoms with Gasteiger partial charge < -0.3 is 9.15 Å². The van der Waals surface area contributed by atoms with Gasteiger partial charge in [0.2, 0.25) is 0 Å². The molecule has 0 radical (unpaired) electrons. The molecule has 0 aliphatic carbocycles. The first-order chi connectivity index (χ1) is 14.6. The van der Waals surface area contributed by atoms with Crippen molar-refractivity contribution in [3.63, 3.8) is 0 Å². The molecule has 0 amide bonds. The predicted octanol–water partition coefficient (Wildman–Crippen LogP) is 4.80. The molecule has 0 saturated carbocycles. The van der Waals surface area contributed by atoms with Crippen molar-refractivity contribution in [3.05, 3.63) is 76.3 Å². The number of carbonyl (C=O) groups excluding carboxylic acids is 1. The lowest BCUT2D eigenvalue weighted by Gasteiger charge is -2.09. The molecule has 0 fully saturated rings. The van der Waals surface area contributed by atoms with Gasteiger partial charge in [0.25, 0.3) is 0 Å². The summed E-state index contributed by atoms with van der Waals surface area (Å²) in [6, 6.07) is 15.0. The molecule has 4 aromatic rings. The van der Waals surface area contributed by atoms with Crippen molar-refractivity contribution in [1.29, 1.82) is 0 Å². The number of fused-ring (bicyclic) bond motifs is 3. The molecule has 0 bridgehead atoms. The van der Waals surface area contributed by atoms with Crippen molar-refractivity contribution in [2.45, 2.75) is 26.7 Å². The SMILES string of the molecule is CCCCOC(=O)/C=C/c1ccccc1-n1nc(C)c2c(=O)oc3ccccc3c21. The molecular formula is C24H22N2O4. The Morgan fingerprint density at radius 3 is 2.77 bits per heavy atom. The number of nitrogens with zero attached hydrogens (tertiary/aromatic N) is 2. The molecule has 30 heavy (non-hydrogen) atoms. The van der Waals surface area contributed by atoms with Crippen molar-refractivity contribution in [2.24, 2.45) is 0 Å². The molecule has 0 spiro atoms. The fourth-order valence-electron chi connectivity index (χ4n) is 3.44. The number of hydrogen-bond acceptors (Lipinski definition) is 5. The highest BCUT2D eigenvalue weighted by molar-refractivity contribution is 6.04. The quantitative estimate of drug-likeness (QED) is 0.200. The molecule has 0 N–H and O–H groups in total. The number of carbonyl (C=O) groups is 1. The Morgan fingerprint density at radius 1 is 1.17 bits per heavy atom. The van der Waals surface area contributed by atoms with Crippen LogP contribution < -0.4 is 5.63 Å². The van der Waals surface area contributed by atoms with Gasteiger partial charge in [0.15, 0.2) is 0 Å². The number of para-hydroxylation sites is 2. The highest BCUT2D eigenvalue weighted by Gasteiger charge is 2.18. The zero-order valence-electron chi connectivity index (χ0n) is 16.9. The lowest BCUT2D eigenvalue weighted by Crippen LogP contribution is -2.04. The summed E-state index contributed by atoms with van der Waals surface area (Å²) in [5, 5.41) is 5.87. The number of aromatic nitrogens is 2. The average molecular weight is 402 g/mol. The fourth-order valence-corrected chi connectivity index (χ4v) is 3.44. The zero-order chi connectivity index (χ0) is 21.1.